The Bertz CT molecular complexity index is 961. The number of piperazine rings is 1. The maximum atomic E-state index is 14.6. The first-order valence-electron chi connectivity index (χ1n) is 10.2. The summed E-state index contributed by atoms with van der Waals surface area (Å²) in [7, 11) is 0. The lowest BCUT2D eigenvalue weighted by Crippen LogP contribution is -3.14. The molecule has 1 fully saturated rings. The number of aryl methyl sites for hydroxylation is 1. The fraction of sp³-hybridized carbons (Fsp3) is 0.409. The van der Waals surface area contributed by atoms with E-state index in [1.54, 1.807) is 19.9 Å². The molecule has 1 aromatic carbocycles. The number of aromatic nitrogens is 1. The molecule has 0 saturated carbocycles. The Morgan fingerprint density at radius 1 is 1.17 bits per heavy atom. The van der Waals surface area contributed by atoms with Crippen LogP contribution in [-0.2, 0) is 9.53 Å². The van der Waals surface area contributed by atoms with Crippen LogP contribution in [0.4, 0.5) is 4.39 Å². The van der Waals surface area contributed by atoms with Crippen molar-refractivity contribution in [1.82, 2.24) is 9.88 Å². The number of carbonyl (C=O) groups excluding carboxylic acids is 3. The summed E-state index contributed by atoms with van der Waals surface area (Å²) >= 11 is 0. The zero-order valence-electron chi connectivity index (χ0n) is 17.5. The Hall–Kier alpha value is -3.00. The van der Waals surface area contributed by atoms with E-state index >= 15 is 0 Å². The summed E-state index contributed by atoms with van der Waals surface area (Å²) in [6.45, 7) is 8.94. The molecular weight excluding hydrogens is 389 g/mol. The van der Waals surface area contributed by atoms with Crippen molar-refractivity contribution in [2.24, 2.45) is 0 Å². The van der Waals surface area contributed by atoms with Gasteiger partial charge < -0.3 is 19.5 Å². The second-order valence-corrected chi connectivity index (χ2v) is 7.30. The summed E-state index contributed by atoms with van der Waals surface area (Å²) in [6.07, 6.45) is 0. The second-order valence-electron chi connectivity index (χ2n) is 7.30. The highest BCUT2D eigenvalue weighted by atomic mass is 19.1. The molecule has 1 aromatic heterocycles. The van der Waals surface area contributed by atoms with Crippen molar-refractivity contribution in [2.75, 3.05) is 39.3 Å². The van der Waals surface area contributed by atoms with Crippen molar-refractivity contribution in [2.45, 2.75) is 20.8 Å². The number of aromatic amines is 1. The van der Waals surface area contributed by atoms with E-state index in [0.29, 0.717) is 18.8 Å². The van der Waals surface area contributed by atoms with Gasteiger partial charge in [-0.3, -0.25) is 9.59 Å². The van der Waals surface area contributed by atoms with Crippen LogP contribution >= 0.6 is 0 Å². The summed E-state index contributed by atoms with van der Waals surface area (Å²) in [5, 5.41) is 0. The average Bonchev–Trinajstić information content (AvgIpc) is 3.10. The van der Waals surface area contributed by atoms with Crippen molar-refractivity contribution in [3.05, 3.63) is 47.0 Å². The lowest BCUT2D eigenvalue weighted by Gasteiger charge is -2.31. The minimum Gasteiger partial charge on any atom is -0.462 e. The highest BCUT2D eigenvalue weighted by molar-refractivity contribution is 6.43. The van der Waals surface area contributed by atoms with E-state index in [-0.39, 0.29) is 29.0 Å². The SMILES string of the molecule is CCOC(=O)c1c(C)[nH]c(C(=O)C(=O)N2CC[NH+](CC)CC2)c1-c1ccccc1F. The van der Waals surface area contributed by atoms with E-state index in [1.807, 2.05) is 0 Å². The molecule has 0 radical (unpaired) electrons. The van der Waals surface area contributed by atoms with Crippen LogP contribution in [0.15, 0.2) is 24.3 Å². The molecule has 1 saturated heterocycles. The average molecular weight is 416 g/mol. The van der Waals surface area contributed by atoms with Gasteiger partial charge in [0.05, 0.1) is 44.9 Å². The lowest BCUT2D eigenvalue weighted by molar-refractivity contribution is -0.902. The molecule has 2 aromatic rings. The fourth-order valence-corrected chi connectivity index (χ4v) is 3.82. The van der Waals surface area contributed by atoms with Crippen LogP contribution < -0.4 is 4.90 Å². The molecule has 0 atom stereocenters. The molecule has 2 N–H and O–H groups in total. The van der Waals surface area contributed by atoms with Gasteiger partial charge in [0.2, 0.25) is 0 Å². The number of nitrogens with one attached hydrogen (secondary N) is 2. The zero-order valence-corrected chi connectivity index (χ0v) is 17.5. The Morgan fingerprint density at radius 2 is 1.83 bits per heavy atom. The van der Waals surface area contributed by atoms with E-state index in [2.05, 4.69) is 11.9 Å². The van der Waals surface area contributed by atoms with Crippen LogP contribution in [0, 0.1) is 12.7 Å². The number of amides is 1. The van der Waals surface area contributed by atoms with Gasteiger partial charge in [0.1, 0.15) is 11.5 Å². The maximum Gasteiger partial charge on any atom is 0.340 e. The van der Waals surface area contributed by atoms with E-state index in [4.69, 9.17) is 4.74 Å². The van der Waals surface area contributed by atoms with Gasteiger partial charge >= 0.3 is 5.97 Å². The summed E-state index contributed by atoms with van der Waals surface area (Å²) < 4.78 is 19.7. The molecule has 0 unspecified atom stereocenters. The number of carbonyl (C=O) groups is 3. The zero-order chi connectivity index (χ0) is 21.8. The van der Waals surface area contributed by atoms with Crippen molar-refractivity contribution >= 4 is 17.7 Å². The first kappa shape index (κ1) is 21.7. The quantitative estimate of drug-likeness (QED) is 0.422. The van der Waals surface area contributed by atoms with E-state index < -0.39 is 23.5 Å². The van der Waals surface area contributed by atoms with Gasteiger partial charge in [0.15, 0.2) is 0 Å². The van der Waals surface area contributed by atoms with Crippen LogP contribution in [0.3, 0.4) is 0 Å². The molecule has 3 rings (SSSR count). The molecule has 0 bridgehead atoms. The number of benzene rings is 1. The third kappa shape index (κ3) is 4.14. The topological polar surface area (TPSA) is 83.9 Å². The first-order valence-corrected chi connectivity index (χ1v) is 10.2. The largest absolute Gasteiger partial charge is 0.462 e. The Kier molecular flexibility index (Phi) is 6.66. The smallest absolute Gasteiger partial charge is 0.340 e. The predicted octanol–water partition coefficient (Wildman–Crippen LogP) is 1.24. The van der Waals surface area contributed by atoms with Crippen LogP contribution in [0.1, 0.15) is 40.4 Å². The molecule has 7 nitrogen and oxygen atoms in total. The molecule has 1 aliphatic rings. The molecule has 1 amide bonds. The van der Waals surface area contributed by atoms with E-state index in [0.717, 1.165) is 19.6 Å². The number of halogens is 1. The third-order valence-electron chi connectivity index (χ3n) is 5.49. The maximum absolute atomic E-state index is 14.6. The van der Waals surface area contributed by atoms with Gasteiger partial charge in [0, 0.05) is 16.8 Å². The molecule has 2 heterocycles. The van der Waals surface area contributed by atoms with Crippen molar-refractivity contribution in [3.8, 4) is 11.1 Å². The number of Topliss-reactive ketones (excluding diaryl/α,β-unsaturated/α-hetero) is 1. The van der Waals surface area contributed by atoms with Crippen molar-refractivity contribution < 1.29 is 28.4 Å². The number of ketones is 1. The number of quaternary nitrogens is 1. The number of nitrogens with zero attached hydrogens (tertiary/aromatic N) is 1. The van der Waals surface area contributed by atoms with Crippen molar-refractivity contribution in [1.29, 1.82) is 0 Å². The number of esters is 1. The van der Waals surface area contributed by atoms with Crippen LogP contribution in [0.5, 0.6) is 0 Å². The highest BCUT2D eigenvalue weighted by Crippen LogP contribution is 2.33. The molecule has 1 aliphatic heterocycles. The molecular formula is C22H27FN3O4+. The van der Waals surface area contributed by atoms with Gasteiger partial charge in [-0.2, -0.15) is 0 Å². The monoisotopic (exact) mass is 416 g/mol. The molecule has 8 heteroatoms. The molecule has 30 heavy (non-hydrogen) atoms. The molecule has 0 aliphatic carbocycles. The highest BCUT2D eigenvalue weighted by Gasteiger charge is 2.34. The first-order chi connectivity index (χ1) is 14.4. The van der Waals surface area contributed by atoms with Gasteiger partial charge in [-0.1, -0.05) is 18.2 Å². The van der Waals surface area contributed by atoms with E-state index in [1.165, 1.54) is 28.0 Å². The number of rotatable bonds is 6. The van der Waals surface area contributed by atoms with Gasteiger partial charge in [-0.25, -0.2) is 9.18 Å². The summed E-state index contributed by atoms with van der Waals surface area (Å²) in [4.78, 5) is 44.4. The summed E-state index contributed by atoms with van der Waals surface area (Å²) in [5.74, 6) is -2.70. The standard InChI is InChI=1S/C22H26FN3O4/c1-4-25-10-12-26(13-11-25)21(28)20(27)19-18(15-8-6-7-9-16(15)23)17(14(3)24-19)22(29)30-5-2/h6-9,24H,4-5,10-13H2,1-3H3/p+1. The van der Waals surface area contributed by atoms with Crippen LogP contribution in [0.25, 0.3) is 11.1 Å². The van der Waals surface area contributed by atoms with Crippen LogP contribution in [0.2, 0.25) is 0 Å². The predicted molar refractivity (Wildman–Crippen MR) is 109 cm³/mol. The number of hydrogen-bond donors (Lipinski definition) is 2. The van der Waals surface area contributed by atoms with E-state index in [9.17, 15) is 18.8 Å². The summed E-state index contributed by atoms with van der Waals surface area (Å²) in [5.41, 5.74) is 0.471. The minimum atomic E-state index is -0.785. The molecule has 0 spiro atoms. The van der Waals surface area contributed by atoms with Crippen molar-refractivity contribution in [3.63, 3.8) is 0 Å². The second kappa shape index (κ2) is 9.21. The van der Waals surface area contributed by atoms with Crippen LogP contribution in [-0.4, -0.2) is 66.9 Å². The van der Waals surface area contributed by atoms with Gasteiger partial charge in [-0.15, -0.1) is 0 Å². The molecule has 160 valence electrons. The number of ether oxygens (including phenoxy) is 1. The lowest BCUT2D eigenvalue weighted by atomic mass is 9.97. The van der Waals surface area contributed by atoms with Gasteiger partial charge in [-0.05, 0) is 26.8 Å². The normalized spacial score (nSPS) is 14.6. The minimum absolute atomic E-state index is 0.0679. The Labute approximate surface area is 174 Å². The number of hydrogen-bond acceptors (Lipinski definition) is 4. The Morgan fingerprint density at radius 3 is 2.43 bits per heavy atom. The number of likely N-dealkylation sites (N-methyl/N-ethyl adjacent to an activating group) is 1. The number of H-pyrrole nitrogens is 1. The Balaban J connectivity index is 2.03. The van der Waals surface area contributed by atoms with Gasteiger partial charge in [0.25, 0.3) is 11.7 Å². The third-order valence-corrected chi connectivity index (χ3v) is 5.49. The fourth-order valence-electron chi connectivity index (χ4n) is 3.82. The summed E-state index contributed by atoms with van der Waals surface area (Å²) in [6, 6.07) is 5.85.